The summed E-state index contributed by atoms with van der Waals surface area (Å²) in [5, 5.41) is 70.0. The Balaban J connectivity index is 0.947. The van der Waals surface area contributed by atoms with Gasteiger partial charge >= 0.3 is 5.97 Å². The van der Waals surface area contributed by atoms with Gasteiger partial charge in [0.2, 0.25) is 6.29 Å². The molecule has 6 N–H and O–H groups in total. The summed E-state index contributed by atoms with van der Waals surface area (Å²) in [7, 11) is 0. The molecule has 12 rings (SSSR count). The molecule has 14 atom stereocenters. The first kappa shape index (κ1) is 43.9. The number of aliphatic hydroxyl groups excluding tert-OH is 4. The number of aromatic hydroxyl groups is 1. The van der Waals surface area contributed by atoms with Crippen molar-refractivity contribution < 1.29 is 59.2 Å². The molecule has 0 aromatic heterocycles. The molecule has 0 unspecified atom stereocenters. The quantitative estimate of drug-likeness (QED) is 0.148. The van der Waals surface area contributed by atoms with E-state index in [2.05, 4.69) is 6.08 Å². The zero-order valence-electron chi connectivity index (χ0n) is 38.6. The number of aryl methyl sites for hydroxylation is 1. The highest BCUT2D eigenvalue weighted by Gasteiger charge is 2.71. The molecule has 2 aromatic carbocycles. The van der Waals surface area contributed by atoms with Crippen molar-refractivity contribution in [3.05, 3.63) is 57.7 Å². The third kappa shape index (κ3) is 6.00. The van der Waals surface area contributed by atoms with Crippen LogP contribution in [0.1, 0.15) is 149 Å². The molecule has 3 saturated heterocycles. The van der Waals surface area contributed by atoms with Crippen molar-refractivity contribution in [1.29, 1.82) is 0 Å². The van der Waals surface area contributed by atoms with Gasteiger partial charge in [-0.15, -0.1) is 0 Å². The average molecular weight is 909 g/mol. The summed E-state index contributed by atoms with van der Waals surface area (Å²) in [6, 6.07) is 4.23. The predicted octanol–water partition coefficient (Wildman–Crippen LogP) is 7.85. The molecule has 12 heteroatoms. The Morgan fingerprint density at radius 1 is 0.939 bits per heavy atom. The number of aromatic carboxylic acids is 1. The number of rotatable bonds is 7. The SMILES string of the molecule is CC(=O)c1c(C)cc2cc(C(=O)O)cc(O[C@@H]3O[C@@H]4[C@@H](O)CC[C@H]5O[C@@]4(C[C@@H]4C6=C5CC=C6[C@]5(CCCO)COC[C@H]6C[C@]7(CC[C@]8(CCCC89CCCC9)C7)C[C@H]4[C@H]65)[C@H](O)[C@H]3O)c2c1O. The van der Waals surface area contributed by atoms with Gasteiger partial charge in [-0.3, -0.25) is 4.79 Å². The fraction of sp³-hybridized carbons (Fsp3) is 0.704. The number of hydrogen-bond donors (Lipinski definition) is 6. The lowest BCUT2D eigenvalue weighted by Crippen LogP contribution is -2.71. The summed E-state index contributed by atoms with van der Waals surface area (Å²) in [5.74, 6) is -1.33. The summed E-state index contributed by atoms with van der Waals surface area (Å²) in [5.41, 5.74) is 3.52. The largest absolute Gasteiger partial charge is 0.506 e. The molecular formula is C54H68O12. The summed E-state index contributed by atoms with van der Waals surface area (Å²) in [6.45, 7) is 4.47. The number of phenolic OH excluding ortho intramolecular Hbond substituents is 1. The number of benzene rings is 2. The van der Waals surface area contributed by atoms with Crippen molar-refractivity contribution in [3.8, 4) is 11.5 Å². The molecule has 4 heterocycles. The minimum atomic E-state index is -1.71. The van der Waals surface area contributed by atoms with Gasteiger partial charge in [0, 0.05) is 18.6 Å². The molecule has 0 amide bonds. The molecule has 356 valence electrons. The summed E-state index contributed by atoms with van der Waals surface area (Å²) >= 11 is 0. The molecule has 5 saturated carbocycles. The summed E-state index contributed by atoms with van der Waals surface area (Å²) < 4.78 is 27.3. The number of phenols is 1. The van der Waals surface area contributed by atoms with Crippen molar-refractivity contribution >= 4 is 22.5 Å². The van der Waals surface area contributed by atoms with Gasteiger partial charge in [-0.2, -0.15) is 0 Å². The number of carbonyl (C=O) groups is 2. The van der Waals surface area contributed by atoms with E-state index in [0.29, 0.717) is 72.3 Å². The van der Waals surface area contributed by atoms with Crippen LogP contribution in [0.15, 0.2) is 41.0 Å². The number of aliphatic hydroxyl groups is 4. The van der Waals surface area contributed by atoms with Crippen LogP contribution >= 0.6 is 0 Å². The van der Waals surface area contributed by atoms with Crippen LogP contribution in [0.25, 0.3) is 10.8 Å². The van der Waals surface area contributed by atoms with Crippen LogP contribution in [0.5, 0.6) is 11.5 Å². The Labute approximate surface area is 386 Å². The molecule has 8 fully saturated rings. The molecule has 2 bridgehead atoms. The Kier molecular flexibility index (Phi) is 10.2. The zero-order valence-corrected chi connectivity index (χ0v) is 38.6. The molecule has 0 radical (unpaired) electrons. The Hall–Kier alpha value is -3.36. The number of hydrogen-bond acceptors (Lipinski definition) is 11. The third-order valence-electron chi connectivity index (χ3n) is 20.3. The number of Topliss-reactive ketones (excluding diaryl/α,β-unsaturated/α-hetero) is 1. The average Bonchev–Trinajstić information content (AvgIpc) is 4.07. The van der Waals surface area contributed by atoms with Crippen LogP contribution < -0.4 is 4.74 Å². The number of carboxylic acid groups (broad SMARTS) is 1. The maximum atomic E-state index is 12.9. The van der Waals surface area contributed by atoms with E-state index >= 15 is 0 Å². The maximum absolute atomic E-state index is 12.9. The highest BCUT2D eigenvalue weighted by molar-refractivity contribution is 6.08. The van der Waals surface area contributed by atoms with Crippen molar-refractivity contribution in [2.75, 3.05) is 19.8 Å². The van der Waals surface area contributed by atoms with Gasteiger partial charge in [0.1, 0.15) is 35.4 Å². The van der Waals surface area contributed by atoms with Gasteiger partial charge in [-0.05, 0) is 190 Å². The van der Waals surface area contributed by atoms with Gasteiger partial charge in [-0.25, -0.2) is 4.79 Å². The van der Waals surface area contributed by atoms with E-state index in [-0.39, 0.29) is 63.1 Å². The van der Waals surface area contributed by atoms with E-state index in [1.165, 1.54) is 100.0 Å². The minimum absolute atomic E-state index is 0.0403. The van der Waals surface area contributed by atoms with E-state index < -0.39 is 48.4 Å². The first-order valence-electron chi connectivity index (χ1n) is 25.4. The van der Waals surface area contributed by atoms with Crippen molar-refractivity contribution in [3.63, 3.8) is 0 Å². The standard InChI is InChI=1S/C54H68O12/c1-28-19-30-20-31(48(61)62)21-39(41(30)44(58)40(28)29(2)56)64-49-45(59)46(60)54-24-34-35-23-50(16-17-52(26-50)14-5-13-51(52)11-3-4-12-51)22-32-25-63-27-53(43(32)35,15-6-18-55)36-8-7-33(42(34)36)38(66-54)10-9-37(57)47(54)65-49/h8,19-21,32,34-35,37-38,43,45-47,49,55,57-60H,3-7,9-18,22-27H2,1-2H3,(H,61,62)/t32-,34+,35-,37+,38-,43+,45-,46-,47-,49-,50-,52-,53+,54+/m1/s1. The molecular weight excluding hydrogens is 841 g/mol. The Bertz CT molecular complexity index is 2430. The number of carbonyl (C=O) groups excluding carboxylic acids is 1. The van der Waals surface area contributed by atoms with Gasteiger partial charge < -0.3 is 49.6 Å². The lowest BCUT2D eigenvalue weighted by molar-refractivity contribution is -0.336. The fourth-order valence-electron chi connectivity index (χ4n) is 18.2. The molecule has 6 aliphatic carbocycles. The second-order valence-electron chi connectivity index (χ2n) is 23.3. The van der Waals surface area contributed by atoms with Crippen LogP contribution in [-0.2, 0) is 14.2 Å². The van der Waals surface area contributed by atoms with Gasteiger partial charge in [0.25, 0.3) is 0 Å². The second kappa shape index (κ2) is 15.3. The fourth-order valence-corrected chi connectivity index (χ4v) is 18.2. The normalized spacial score (nSPS) is 42.8. The first-order valence-corrected chi connectivity index (χ1v) is 25.4. The van der Waals surface area contributed by atoms with Gasteiger partial charge in [0.15, 0.2) is 5.78 Å². The number of carboxylic acids is 1. The van der Waals surface area contributed by atoms with Crippen LogP contribution in [0.4, 0.5) is 0 Å². The summed E-state index contributed by atoms with van der Waals surface area (Å²) in [6.07, 6.45) is 13.8. The molecule has 12 nitrogen and oxygen atoms in total. The predicted molar refractivity (Wildman–Crippen MR) is 242 cm³/mol. The van der Waals surface area contributed by atoms with E-state index in [1.807, 2.05) is 0 Å². The molecule has 4 aliphatic heterocycles. The number of allylic oxidation sites excluding steroid dienone is 2. The van der Waals surface area contributed by atoms with Gasteiger partial charge in [0.05, 0.1) is 35.3 Å². The van der Waals surface area contributed by atoms with Crippen LogP contribution in [0.2, 0.25) is 0 Å². The smallest absolute Gasteiger partial charge is 0.335 e. The third-order valence-corrected chi connectivity index (χ3v) is 20.3. The monoisotopic (exact) mass is 908 g/mol. The summed E-state index contributed by atoms with van der Waals surface area (Å²) in [4.78, 5) is 25.2. The lowest BCUT2D eigenvalue weighted by atomic mass is 9.42. The van der Waals surface area contributed by atoms with Crippen LogP contribution in [0, 0.1) is 52.3 Å². The van der Waals surface area contributed by atoms with Crippen molar-refractivity contribution in [1.82, 2.24) is 0 Å². The van der Waals surface area contributed by atoms with Crippen molar-refractivity contribution in [2.24, 2.45) is 45.3 Å². The van der Waals surface area contributed by atoms with E-state index in [1.54, 1.807) is 13.0 Å². The lowest BCUT2D eigenvalue weighted by Gasteiger charge is -2.64. The van der Waals surface area contributed by atoms with Crippen LogP contribution in [0.3, 0.4) is 0 Å². The number of ketones is 1. The van der Waals surface area contributed by atoms with Crippen LogP contribution in [-0.4, -0.2) is 105 Å². The molecule has 10 aliphatic rings. The topological polar surface area (TPSA) is 192 Å². The minimum Gasteiger partial charge on any atom is -0.506 e. The molecule has 66 heavy (non-hydrogen) atoms. The Morgan fingerprint density at radius 3 is 2.50 bits per heavy atom. The van der Waals surface area contributed by atoms with E-state index in [4.69, 9.17) is 18.9 Å². The molecule has 2 aromatic rings. The maximum Gasteiger partial charge on any atom is 0.335 e. The van der Waals surface area contributed by atoms with E-state index in [9.17, 15) is 40.2 Å². The molecule has 4 spiro atoms. The van der Waals surface area contributed by atoms with Crippen molar-refractivity contribution in [2.45, 2.75) is 172 Å². The Morgan fingerprint density at radius 2 is 1.73 bits per heavy atom. The number of ether oxygens (including phenoxy) is 4. The van der Waals surface area contributed by atoms with Gasteiger partial charge in [-0.1, -0.05) is 31.4 Å². The number of fused-ring (bicyclic) bond motifs is 6. The zero-order chi connectivity index (χ0) is 45.7. The highest BCUT2D eigenvalue weighted by Crippen LogP contribution is 2.76. The second-order valence-corrected chi connectivity index (χ2v) is 23.3. The van der Waals surface area contributed by atoms with E-state index in [0.717, 1.165) is 25.9 Å². The highest BCUT2D eigenvalue weighted by atomic mass is 16.7. The first-order chi connectivity index (χ1) is 31.7.